The topological polar surface area (TPSA) is 72.3 Å². The van der Waals surface area contributed by atoms with E-state index in [-0.39, 0.29) is 0 Å². The van der Waals surface area contributed by atoms with Crippen molar-refractivity contribution in [3.63, 3.8) is 0 Å². The van der Waals surface area contributed by atoms with Gasteiger partial charge in [0.15, 0.2) is 0 Å². The molecule has 1 aromatic rings. The van der Waals surface area contributed by atoms with Gasteiger partial charge in [0.1, 0.15) is 0 Å². The summed E-state index contributed by atoms with van der Waals surface area (Å²) >= 11 is 1.69. The highest BCUT2D eigenvalue weighted by Gasteiger charge is 2.12. The van der Waals surface area contributed by atoms with Gasteiger partial charge < -0.3 is 11.5 Å². The van der Waals surface area contributed by atoms with E-state index >= 15 is 0 Å². The second-order valence-corrected chi connectivity index (χ2v) is 4.32. The summed E-state index contributed by atoms with van der Waals surface area (Å²) in [5.74, 6) is -0.456. The molecule has 0 fully saturated rings. The molecule has 5 heteroatoms. The molecule has 1 heterocycles. The minimum absolute atomic E-state index is 0.456. The van der Waals surface area contributed by atoms with E-state index in [1.54, 1.807) is 11.3 Å². The Morgan fingerprint density at radius 1 is 1.71 bits per heavy atom. The van der Waals surface area contributed by atoms with Crippen molar-refractivity contribution in [2.75, 3.05) is 13.6 Å². The first kappa shape index (κ1) is 11.2. The Kier molecular flexibility index (Phi) is 4.06. The molecule has 1 unspecified atom stereocenters. The minimum atomic E-state index is -0.583. The molecular formula is C9H15N3OS. The monoisotopic (exact) mass is 213 g/mol. The summed E-state index contributed by atoms with van der Waals surface area (Å²) < 4.78 is 0. The van der Waals surface area contributed by atoms with Crippen LogP contribution in [0.25, 0.3) is 0 Å². The first-order valence-corrected chi connectivity index (χ1v) is 5.23. The molecular weight excluding hydrogens is 198 g/mol. The number of nitrogens with two attached hydrogens (primary N) is 2. The Bertz CT molecular complexity index is 286. The molecule has 14 heavy (non-hydrogen) atoms. The summed E-state index contributed by atoms with van der Waals surface area (Å²) in [7, 11) is 1.92. The molecule has 0 radical (unpaired) electrons. The van der Waals surface area contributed by atoms with E-state index in [1.807, 2.05) is 23.4 Å². The van der Waals surface area contributed by atoms with Gasteiger partial charge in [0.2, 0.25) is 5.91 Å². The fourth-order valence-electron chi connectivity index (χ4n) is 1.16. The van der Waals surface area contributed by atoms with Crippen molar-refractivity contribution in [1.82, 2.24) is 4.90 Å². The van der Waals surface area contributed by atoms with Gasteiger partial charge in [-0.05, 0) is 18.5 Å². The van der Waals surface area contributed by atoms with Crippen molar-refractivity contribution in [2.45, 2.75) is 12.6 Å². The lowest BCUT2D eigenvalue weighted by atomic mass is 10.3. The highest BCUT2D eigenvalue weighted by molar-refractivity contribution is 7.09. The average Bonchev–Trinajstić information content (AvgIpc) is 2.56. The summed E-state index contributed by atoms with van der Waals surface area (Å²) in [5, 5.41) is 2.02. The van der Waals surface area contributed by atoms with Crippen molar-refractivity contribution >= 4 is 17.2 Å². The minimum Gasteiger partial charge on any atom is -0.368 e. The van der Waals surface area contributed by atoms with E-state index in [0.717, 1.165) is 6.54 Å². The highest BCUT2D eigenvalue weighted by atomic mass is 32.1. The number of thiophene rings is 1. The van der Waals surface area contributed by atoms with Crippen LogP contribution in [0, 0.1) is 0 Å². The summed E-state index contributed by atoms with van der Waals surface area (Å²) in [6.07, 6.45) is 0. The smallest absolute Gasteiger partial charge is 0.235 e. The largest absolute Gasteiger partial charge is 0.368 e. The molecule has 0 aromatic carbocycles. The van der Waals surface area contributed by atoms with Gasteiger partial charge in [-0.25, -0.2) is 0 Å². The molecule has 0 saturated carbocycles. The maximum absolute atomic E-state index is 10.7. The van der Waals surface area contributed by atoms with Gasteiger partial charge in [-0.1, -0.05) is 6.07 Å². The fraction of sp³-hybridized carbons (Fsp3) is 0.444. The number of hydrogen-bond donors (Lipinski definition) is 2. The Morgan fingerprint density at radius 3 is 2.93 bits per heavy atom. The van der Waals surface area contributed by atoms with Gasteiger partial charge in [0, 0.05) is 18.0 Å². The van der Waals surface area contributed by atoms with Crippen LogP contribution >= 0.6 is 11.3 Å². The normalized spacial score (nSPS) is 13.1. The lowest BCUT2D eigenvalue weighted by molar-refractivity contribution is -0.119. The molecule has 0 aliphatic rings. The summed E-state index contributed by atoms with van der Waals surface area (Å²) in [4.78, 5) is 14.0. The molecule has 4 nitrogen and oxygen atoms in total. The Morgan fingerprint density at radius 2 is 2.43 bits per heavy atom. The third kappa shape index (κ3) is 3.45. The van der Waals surface area contributed by atoms with Crippen molar-refractivity contribution in [3.8, 4) is 0 Å². The molecule has 1 aromatic heterocycles. The Labute approximate surface area is 87.5 Å². The van der Waals surface area contributed by atoms with E-state index in [1.165, 1.54) is 4.88 Å². The van der Waals surface area contributed by atoms with Crippen molar-refractivity contribution < 1.29 is 4.79 Å². The van der Waals surface area contributed by atoms with Crippen molar-refractivity contribution in [1.29, 1.82) is 0 Å². The zero-order valence-electron chi connectivity index (χ0n) is 8.14. The van der Waals surface area contributed by atoms with Crippen LogP contribution in [0.15, 0.2) is 17.5 Å². The number of nitrogens with zero attached hydrogens (tertiary/aromatic N) is 1. The van der Waals surface area contributed by atoms with Crippen molar-refractivity contribution in [2.24, 2.45) is 11.5 Å². The van der Waals surface area contributed by atoms with Gasteiger partial charge in [0.25, 0.3) is 0 Å². The standard InChI is InChI=1S/C9H15N3OS/c1-12(6-8(10)9(11)13)5-7-3-2-4-14-7/h2-4,8H,5-6,10H2,1H3,(H2,11,13). The first-order chi connectivity index (χ1) is 6.59. The molecule has 0 bridgehead atoms. The van der Waals surface area contributed by atoms with E-state index < -0.39 is 11.9 Å². The Hall–Kier alpha value is -0.910. The predicted molar refractivity (Wildman–Crippen MR) is 57.8 cm³/mol. The summed E-state index contributed by atoms with van der Waals surface area (Å²) in [5.41, 5.74) is 10.6. The van der Waals surface area contributed by atoms with E-state index in [2.05, 4.69) is 6.07 Å². The molecule has 1 atom stereocenters. The zero-order valence-corrected chi connectivity index (χ0v) is 8.96. The maximum atomic E-state index is 10.7. The molecule has 0 aliphatic carbocycles. The molecule has 78 valence electrons. The third-order valence-corrected chi connectivity index (χ3v) is 2.74. The van der Waals surface area contributed by atoms with Gasteiger partial charge in [0.05, 0.1) is 6.04 Å². The molecule has 0 saturated heterocycles. The molecule has 0 aliphatic heterocycles. The summed E-state index contributed by atoms with van der Waals surface area (Å²) in [6.45, 7) is 1.30. The number of carbonyl (C=O) groups is 1. The number of primary amides is 1. The molecule has 4 N–H and O–H groups in total. The van der Waals surface area contributed by atoms with Crippen LogP contribution in [0.4, 0.5) is 0 Å². The second kappa shape index (κ2) is 5.09. The molecule has 1 rings (SSSR count). The summed E-state index contributed by atoms with van der Waals surface area (Å²) in [6, 6.07) is 3.47. The predicted octanol–water partition coefficient (Wildman–Crippen LogP) is -0.00750. The highest BCUT2D eigenvalue weighted by Crippen LogP contribution is 2.10. The molecule has 1 amide bonds. The van der Waals surface area contributed by atoms with Crippen LogP contribution in [0.3, 0.4) is 0 Å². The van der Waals surface area contributed by atoms with E-state index in [0.29, 0.717) is 6.54 Å². The third-order valence-electron chi connectivity index (χ3n) is 1.88. The number of amides is 1. The van der Waals surface area contributed by atoms with Crippen LogP contribution in [0.5, 0.6) is 0 Å². The number of carbonyl (C=O) groups excluding carboxylic acids is 1. The average molecular weight is 213 g/mol. The number of hydrogen-bond acceptors (Lipinski definition) is 4. The van der Waals surface area contributed by atoms with Gasteiger partial charge in [-0.15, -0.1) is 11.3 Å². The lowest BCUT2D eigenvalue weighted by Gasteiger charge is -2.18. The van der Waals surface area contributed by atoms with Crippen LogP contribution in [0.1, 0.15) is 4.88 Å². The van der Waals surface area contributed by atoms with Crippen LogP contribution in [-0.4, -0.2) is 30.4 Å². The van der Waals surface area contributed by atoms with Gasteiger partial charge in [-0.2, -0.15) is 0 Å². The van der Waals surface area contributed by atoms with Gasteiger partial charge in [-0.3, -0.25) is 9.69 Å². The van der Waals surface area contributed by atoms with Gasteiger partial charge >= 0.3 is 0 Å². The quantitative estimate of drug-likeness (QED) is 0.722. The van der Waals surface area contributed by atoms with Crippen LogP contribution in [0.2, 0.25) is 0 Å². The second-order valence-electron chi connectivity index (χ2n) is 3.28. The van der Waals surface area contributed by atoms with E-state index in [9.17, 15) is 4.79 Å². The first-order valence-electron chi connectivity index (χ1n) is 4.35. The Balaban J connectivity index is 2.36. The SMILES string of the molecule is CN(Cc1cccs1)CC(N)C(N)=O. The maximum Gasteiger partial charge on any atom is 0.235 e. The van der Waals surface area contributed by atoms with Crippen LogP contribution < -0.4 is 11.5 Å². The lowest BCUT2D eigenvalue weighted by Crippen LogP contribution is -2.44. The van der Waals surface area contributed by atoms with E-state index in [4.69, 9.17) is 11.5 Å². The van der Waals surface area contributed by atoms with Crippen molar-refractivity contribution in [3.05, 3.63) is 22.4 Å². The fourth-order valence-corrected chi connectivity index (χ4v) is 1.94. The van der Waals surface area contributed by atoms with Crippen LogP contribution in [-0.2, 0) is 11.3 Å². The zero-order chi connectivity index (χ0) is 10.6. The molecule has 0 spiro atoms. The number of likely N-dealkylation sites (N-methyl/N-ethyl adjacent to an activating group) is 1. The number of rotatable bonds is 5.